The van der Waals surface area contributed by atoms with E-state index in [4.69, 9.17) is 16.3 Å². The van der Waals surface area contributed by atoms with Crippen molar-refractivity contribution in [2.45, 2.75) is 20.3 Å². The average molecular weight is 285 g/mol. The van der Waals surface area contributed by atoms with E-state index in [1.54, 1.807) is 6.92 Å². The summed E-state index contributed by atoms with van der Waals surface area (Å²) in [7, 11) is 0. The molecule has 7 heteroatoms. The molecule has 0 amide bonds. The highest BCUT2D eigenvalue weighted by molar-refractivity contribution is 6.30. The van der Waals surface area contributed by atoms with Gasteiger partial charge in [-0.1, -0.05) is 23.8 Å². The van der Waals surface area contributed by atoms with E-state index < -0.39 is 4.92 Å². The molecule has 0 aromatic carbocycles. The summed E-state index contributed by atoms with van der Waals surface area (Å²) in [6.07, 6.45) is 3.12. The maximum atomic E-state index is 11.1. The van der Waals surface area contributed by atoms with Crippen LogP contribution in [-0.4, -0.2) is 22.5 Å². The molecule has 1 rings (SSSR count). The summed E-state index contributed by atoms with van der Waals surface area (Å²) in [5.41, 5.74) is 0.529. The number of nitro groups is 1. The fourth-order valence-electron chi connectivity index (χ4n) is 1.38. The summed E-state index contributed by atoms with van der Waals surface area (Å²) in [5, 5.41) is 10.9. The van der Waals surface area contributed by atoms with Crippen LogP contribution in [0.3, 0.4) is 0 Å². The van der Waals surface area contributed by atoms with E-state index >= 15 is 0 Å². The average Bonchev–Trinajstić information content (AvgIpc) is 2.31. The highest BCUT2D eigenvalue weighted by Crippen LogP contribution is 2.24. The Bertz CT molecular complexity index is 529. The number of hydrogen-bond donors (Lipinski definition) is 0. The first-order chi connectivity index (χ1) is 8.95. The van der Waals surface area contributed by atoms with Crippen molar-refractivity contribution in [3.05, 3.63) is 38.7 Å². The fraction of sp³-hybridized carbons (Fsp3) is 0.333. The van der Waals surface area contributed by atoms with Crippen molar-refractivity contribution in [1.29, 1.82) is 0 Å². The van der Waals surface area contributed by atoms with Gasteiger partial charge in [0.15, 0.2) is 0 Å². The summed E-state index contributed by atoms with van der Waals surface area (Å²) in [6, 6.07) is 1.33. The molecule has 0 spiro atoms. The molecule has 1 aromatic rings. The fourth-order valence-corrected chi connectivity index (χ4v) is 1.63. The predicted molar refractivity (Wildman–Crippen MR) is 70.9 cm³/mol. The van der Waals surface area contributed by atoms with Gasteiger partial charge in [0, 0.05) is 11.6 Å². The Morgan fingerprint density at radius 3 is 2.89 bits per heavy atom. The summed E-state index contributed by atoms with van der Waals surface area (Å²) in [4.78, 5) is 25.3. The van der Waals surface area contributed by atoms with Gasteiger partial charge in [0.1, 0.15) is 10.8 Å². The van der Waals surface area contributed by atoms with Gasteiger partial charge in [-0.25, -0.2) is 4.98 Å². The minimum Gasteiger partial charge on any atom is -0.466 e. The van der Waals surface area contributed by atoms with Crippen LogP contribution in [0.25, 0.3) is 6.08 Å². The third-order valence-electron chi connectivity index (χ3n) is 2.25. The van der Waals surface area contributed by atoms with Crippen molar-refractivity contribution in [2.75, 3.05) is 6.61 Å². The summed E-state index contributed by atoms with van der Waals surface area (Å²) >= 11 is 5.88. The zero-order valence-electron chi connectivity index (χ0n) is 10.6. The van der Waals surface area contributed by atoms with Gasteiger partial charge < -0.3 is 4.74 Å². The van der Waals surface area contributed by atoms with Crippen LogP contribution in [0.15, 0.2) is 12.1 Å². The van der Waals surface area contributed by atoms with Gasteiger partial charge in [0.2, 0.25) is 0 Å². The Labute approximate surface area is 115 Å². The van der Waals surface area contributed by atoms with Gasteiger partial charge >= 0.3 is 5.97 Å². The lowest BCUT2D eigenvalue weighted by Gasteiger charge is -2.01. The van der Waals surface area contributed by atoms with E-state index in [-0.39, 0.29) is 28.9 Å². The topological polar surface area (TPSA) is 82.3 Å². The van der Waals surface area contributed by atoms with Crippen molar-refractivity contribution in [1.82, 2.24) is 4.98 Å². The maximum absolute atomic E-state index is 11.1. The van der Waals surface area contributed by atoms with E-state index in [1.807, 2.05) is 0 Å². The first-order valence-corrected chi connectivity index (χ1v) is 5.97. The van der Waals surface area contributed by atoms with Crippen molar-refractivity contribution in [3.8, 4) is 0 Å². The molecule has 6 nitrogen and oxygen atoms in total. The number of hydrogen-bond acceptors (Lipinski definition) is 5. The molecule has 0 radical (unpaired) electrons. The Kier molecular flexibility index (Phi) is 5.44. The second-order valence-electron chi connectivity index (χ2n) is 3.64. The molecule has 1 aromatic heterocycles. The van der Waals surface area contributed by atoms with Crippen molar-refractivity contribution < 1.29 is 14.5 Å². The third kappa shape index (κ3) is 4.33. The minimum atomic E-state index is -0.526. The molecule has 0 aliphatic carbocycles. The molecule has 19 heavy (non-hydrogen) atoms. The molecule has 1 heterocycles. The van der Waals surface area contributed by atoms with Crippen LogP contribution < -0.4 is 0 Å². The van der Waals surface area contributed by atoms with Crippen LogP contribution in [0.5, 0.6) is 0 Å². The zero-order valence-corrected chi connectivity index (χ0v) is 11.3. The molecule has 0 fully saturated rings. The standard InChI is InChI=1S/C12H13ClN2O4/c1-3-19-11(16)6-4-5-9-7-10(15(17)18)8(2)14-12(9)13/h4-5,7H,3,6H2,1-2H3. The number of rotatable bonds is 5. The van der Waals surface area contributed by atoms with Crippen LogP contribution in [0.2, 0.25) is 5.15 Å². The summed E-state index contributed by atoms with van der Waals surface area (Å²) in [5.74, 6) is -0.371. The highest BCUT2D eigenvalue weighted by Gasteiger charge is 2.14. The van der Waals surface area contributed by atoms with Gasteiger partial charge in [-0.05, 0) is 13.8 Å². The number of pyridine rings is 1. The van der Waals surface area contributed by atoms with E-state index in [2.05, 4.69) is 4.98 Å². The first kappa shape index (κ1) is 15.1. The third-order valence-corrected chi connectivity index (χ3v) is 2.55. The van der Waals surface area contributed by atoms with Crippen molar-refractivity contribution in [2.24, 2.45) is 0 Å². The van der Waals surface area contributed by atoms with Gasteiger partial charge in [-0.15, -0.1) is 0 Å². The lowest BCUT2D eigenvalue weighted by molar-refractivity contribution is -0.385. The second-order valence-corrected chi connectivity index (χ2v) is 4.00. The molecule has 0 unspecified atom stereocenters. The molecule has 102 valence electrons. The van der Waals surface area contributed by atoms with E-state index in [9.17, 15) is 14.9 Å². The van der Waals surface area contributed by atoms with E-state index in [0.29, 0.717) is 12.2 Å². The number of nitrogens with zero attached hydrogens (tertiary/aromatic N) is 2. The van der Waals surface area contributed by atoms with Crippen molar-refractivity contribution in [3.63, 3.8) is 0 Å². The normalized spacial score (nSPS) is 10.7. The van der Waals surface area contributed by atoms with Gasteiger partial charge in [0.05, 0.1) is 18.0 Å². The Balaban J connectivity index is 2.89. The zero-order chi connectivity index (χ0) is 14.4. The largest absolute Gasteiger partial charge is 0.466 e. The maximum Gasteiger partial charge on any atom is 0.309 e. The van der Waals surface area contributed by atoms with Crippen molar-refractivity contribution >= 4 is 29.3 Å². The number of carbonyl (C=O) groups excluding carboxylic acids is 1. The van der Waals surface area contributed by atoms with Gasteiger partial charge in [-0.2, -0.15) is 0 Å². The first-order valence-electron chi connectivity index (χ1n) is 5.59. The molecular weight excluding hydrogens is 272 g/mol. The number of ether oxygens (including phenoxy) is 1. The second kappa shape index (κ2) is 6.84. The Morgan fingerprint density at radius 1 is 1.63 bits per heavy atom. The monoisotopic (exact) mass is 284 g/mol. The molecule has 0 saturated carbocycles. The minimum absolute atomic E-state index is 0.0752. The molecule has 0 N–H and O–H groups in total. The van der Waals surface area contributed by atoms with Gasteiger partial charge in [-0.3, -0.25) is 14.9 Å². The Morgan fingerprint density at radius 2 is 2.32 bits per heavy atom. The van der Waals surface area contributed by atoms with Crippen LogP contribution in [0.1, 0.15) is 24.6 Å². The molecule has 0 saturated heterocycles. The SMILES string of the molecule is CCOC(=O)CC=Cc1cc([N+](=O)[O-])c(C)nc1Cl. The van der Waals surface area contributed by atoms with Crippen LogP contribution in [0.4, 0.5) is 5.69 Å². The van der Waals surface area contributed by atoms with E-state index in [1.165, 1.54) is 25.1 Å². The molecular formula is C12H13ClN2O4. The number of esters is 1. The quantitative estimate of drug-likeness (QED) is 0.359. The molecule has 0 aliphatic rings. The van der Waals surface area contributed by atoms with E-state index in [0.717, 1.165) is 0 Å². The van der Waals surface area contributed by atoms with Crippen LogP contribution in [0, 0.1) is 17.0 Å². The lowest BCUT2D eigenvalue weighted by Crippen LogP contribution is -2.01. The van der Waals surface area contributed by atoms with Gasteiger partial charge in [0.25, 0.3) is 5.69 Å². The van der Waals surface area contributed by atoms with Crippen LogP contribution in [-0.2, 0) is 9.53 Å². The number of aromatic nitrogens is 1. The highest BCUT2D eigenvalue weighted by atomic mass is 35.5. The summed E-state index contributed by atoms with van der Waals surface area (Å²) in [6.45, 7) is 3.53. The molecule has 0 aliphatic heterocycles. The number of carbonyl (C=O) groups is 1. The molecule has 0 atom stereocenters. The smallest absolute Gasteiger partial charge is 0.309 e. The number of halogens is 1. The molecule has 0 bridgehead atoms. The van der Waals surface area contributed by atoms with Crippen LogP contribution >= 0.6 is 11.6 Å². The lowest BCUT2D eigenvalue weighted by atomic mass is 10.2. The Hall–Kier alpha value is -1.95. The predicted octanol–water partition coefficient (Wildman–Crippen LogP) is 2.92. The summed E-state index contributed by atoms with van der Waals surface area (Å²) < 4.78 is 4.74. The number of aryl methyl sites for hydroxylation is 1.